The van der Waals surface area contributed by atoms with E-state index in [2.05, 4.69) is 11.4 Å². The van der Waals surface area contributed by atoms with Gasteiger partial charge in [0.15, 0.2) is 0 Å². The normalized spacial score (nSPS) is 18.7. The van der Waals surface area contributed by atoms with Crippen molar-refractivity contribution < 1.29 is 9.84 Å². The Kier molecular flexibility index (Phi) is 4.70. The van der Waals surface area contributed by atoms with Crippen LogP contribution in [0.3, 0.4) is 0 Å². The summed E-state index contributed by atoms with van der Waals surface area (Å²) in [6.07, 6.45) is 6.61. The molecule has 1 aromatic carbocycles. The second kappa shape index (κ2) is 6.29. The second-order valence-electron chi connectivity index (χ2n) is 5.68. The van der Waals surface area contributed by atoms with Crippen LogP contribution in [-0.4, -0.2) is 24.4 Å². The number of ether oxygens (including phenoxy) is 1. The van der Waals surface area contributed by atoms with Crippen LogP contribution in [-0.2, 0) is 0 Å². The van der Waals surface area contributed by atoms with E-state index < -0.39 is 5.60 Å². The first-order chi connectivity index (χ1) is 9.13. The highest BCUT2D eigenvalue weighted by Gasteiger charge is 2.27. The first kappa shape index (κ1) is 14.2. The van der Waals surface area contributed by atoms with Gasteiger partial charge in [-0.1, -0.05) is 25.7 Å². The summed E-state index contributed by atoms with van der Waals surface area (Å²) in [7, 11) is 1.68. The van der Waals surface area contributed by atoms with Crippen LogP contribution in [0, 0.1) is 6.92 Å². The van der Waals surface area contributed by atoms with Crippen molar-refractivity contribution in [3.63, 3.8) is 0 Å². The zero-order valence-corrected chi connectivity index (χ0v) is 12.0. The van der Waals surface area contributed by atoms with Crippen LogP contribution in [0.1, 0.15) is 44.1 Å². The predicted octanol–water partition coefficient (Wildman–Crippen LogP) is 3.50. The van der Waals surface area contributed by atoms with Crippen molar-refractivity contribution in [2.45, 2.75) is 51.0 Å². The smallest absolute Gasteiger partial charge is 0.121 e. The molecule has 0 bridgehead atoms. The van der Waals surface area contributed by atoms with Gasteiger partial charge in [-0.3, -0.25) is 0 Å². The number of hydrogen-bond acceptors (Lipinski definition) is 3. The number of anilines is 1. The molecule has 0 spiro atoms. The van der Waals surface area contributed by atoms with Gasteiger partial charge in [0.2, 0.25) is 0 Å². The van der Waals surface area contributed by atoms with Crippen LogP contribution in [0.2, 0.25) is 0 Å². The molecule has 1 fully saturated rings. The van der Waals surface area contributed by atoms with Crippen molar-refractivity contribution in [3.8, 4) is 5.75 Å². The summed E-state index contributed by atoms with van der Waals surface area (Å²) in [6.45, 7) is 2.67. The fourth-order valence-electron chi connectivity index (χ4n) is 2.82. The van der Waals surface area contributed by atoms with E-state index in [1.165, 1.54) is 12.8 Å². The van der Waals surface area contributed by atoms with Crippen molar-refractivity contribution in [2.24, 2.45) is 0 Å². The number of nitrogens with one attached hydrogen (secondary N) is 1. The van der Waals surface area contributed by atoms with Crippen LogP contribution in [0.5, 0.6) is 5.75 Å². The number of methoxy groups -OCH3 is 1. The molecule has 3 nitrogen and oxygen atoms in total. The monoisotopic (exact) mass is 263 g/mol. The summed E-state index contributed by atoms with van der Waals surface area (Å²) >= 11 is 0. The Labute approximate surface area is 116 Å². The molecule has 3 heteroatoms. The van der Waals surface area contributed by atoms with Gasteiger partial charge in [-0.05, 0) is 43.5 Å². The molecular weight excluding hydrogens is 238 g/mol. The Bertz CT molecular complexity index is 409. The SMILES string of the molecule is COc1ccc(NCC2(O)CCCCCC2)cc1C. The van der Waals surface area contributed by atoms with Crippen LogP contribution >= 0.6 is 0 Å². The van der Waals surface area contributed by atoms with Gasteiger partial charge in [0.1, 0.15) is 5.75 Å². The summed E-state index contributed by atoms with van der Waals surface area (Å²) in [5, 5.41) is 14.0. The number of rotatable bonds is 4. The van der Waals surface area contributed by atoms with E-state index in [0.29, 0.717) is 6.54 Å². The van der Waals surface area contributed by atoms with Crippen molar-refractivity contribution >= 4 is 5.69 Å². The topological polar surface area (TPSA) is 41.5 Å². The Morgan fingerprint density at radius 2 is 1.89 bits per heavy atom. The van der Waals surface area contributed by atoms with Crippen LogP contribution in [0.4, 0.5) is 5.69 Å². The Balaban J connectivity index is 1.95. The highest BCUT2D eigenvalue weighted by molar-refractivity contribution is 5.50. The lowest BCUT2D eigenvalue weighted by atomic mass is 9.94. The minimum absolute atomic E-state index is 0.537. The number of aryl methyl sites for hydroxylation is 1. The minimum Gasteiger partial charge on any atom is -0.496 e. The van der Waals surface area contributed by atoms with Gasteiger partial charge in [0, 0.05) is 12.2 Å². The molecule has 2 N–H and O–H groups in total. The molecule has 0 unspecified atom stereocenters. The fraction of sp³-hybridized carbons (Fsp3) is 0.625. The van der Waals surface area contributed by atoms with E-state index in [0.717, 1.165) is 42.7 Å². The van der Waals surface area contributed by atoms with Crippen LogP contribution in [0.25, 0.3) is 0 Å². The average molecular weight is 263 g/mol. The Morgan fingerprint density at radius 1 is 1.21 bits per heavy atom. The van der Waals surface area contributed by atoms with Crippen molar-refractivity contribution in [2.75, 3.05) is 19.0 Å². The molecule has 0 saturated heterocycles. The van der Waals surface area contributed by atoms with Crippen LogP contribution < -0.4 is 10.1 Å². The maximum Gasteiger partial charge on any atom is 0.121 e. The number of aliphatic hydroxyl groups is 1. The van der Waals surface area contributed by atoms with Gasteiger partial charge < -0.3 is 15.2 Å². The first-order valence-electron chi connectivity index (χ1n) is 7.24. The fourth-order valence-corrected chi connectivity index (χ4v) is 2.82. The highest BCUT2D eigenvalue weighted by Crippen LogP contribution is 2.28. The van der Waals surface area contributed by atoms with Gasteiger partial charge in [-0.25, -0.2) is 0 Å². The third-order valence-electron chi connectivity index (χ3n) is 4.05. The van der Waals surface area contributed by atoms with E-state index in [4.69, 9.17) is 4.74 Å². The van der Waals surface area contributed by atoms with Gasteiger partial charge >= 0.3 is 0 Å². The highest BCUT2D eigenvalue weighted by atomic mass is 16.5. The van der Waals surface area contributed by atoms with E-state index in [1.54, 1.807) is 7.11 Å². The molecule has 0 amide bonds. The molecule has 19 heavy (non-hydrogen) atoms. The largest absolute Gasteiger partial charge is 0.496 e. The molecule has 0 aliphatic heterocycles. The van der Waals surface area contributed by atoms with E-state index in [1.807, 2.05) is 19.1 Å². The van der Waals surface area contributed by atoms with Gasteiger partial charge in [0.05, 0.1) is 12.7 Å². The molecule has 0 heterocycles. The zero-order chi connectivity index (χ0) is 13.7. The molecule has 2 rings (SSSR count). The third-order valence-corrected chi connectivity index (χ3v) is 4.05. The zero-order valence-electron chi connectivity index (χ0n) is 12.0. The first-order valence-corrected chi connectivity index (χ1v) is 7.24. The number of hydrogen-bond donors (Lipinski definition) is 2. The van der Waals surface area contributed by atoms with Gasteiger partial charge in [0.25, 0.3) is 0 Å². The molecule has 1 saturated carbocycles. The summed E-state index contributed by atoms with van der Waals surface area (Å²) in [5.41, 5.74) is 1.63. The molecule has 0 radical (unpaired) electrons. The quantitative estimate of drug-likeness (QED) is 0.817. The summed E-state index contributed by atoms with van der Waals surface area (Å²) in [6, 6.07) is 6.04. The summed E-state index contributed by atoms with van der Waals surface area (Å²) in [4.78, 5) is 0. The lowest BCUT2D eigenvalue weighted by molar-refractivity contribution is 0.0381. The van der Waals surface area contributed by atoms with Crippen molar-refractivity contribution in [1.29, 1.82) is 0 Å². The van der Waals surface area contributed by atoms with Gasteiger partial charge in [-0.15, -0.1) is 0 Å². The van der Waals surface area contributed by atoms with E-state index >= 15 is 0 Å². The minimum atomic E-state index is -0.537. The molecule has 0 aromatic heterocycles. The molecule has 0 atom stereocenters. The predicted molar refractivity (Wildman–Crippen MR) is 78.9 cm³/mol. The Hall–Kier alpha value is -1.22. The summed E-state index contributed by atoms with van der Waals surface area (Å²) < 4.78 is 5.25. The third kappa shape index (κ3) is 3.87. The molecule has 1 aromatic rings. The van der Waals surface area contributed by atoms with E-state index in [9.17, 15) is 5.11 Å². The molecular formula is C16H25NO2. The van der Waals surface area contributed by atoms with Crippen molar-refractivity contribution in [3.05, 3.63) is 23.8 Å². The number of benzene rings is 1. The molecule has 1 aliphatic rings. The maximum absolute atomic E-state index is 10.6. The molecule has 106 valence electrons. The molecule has 1 aliphatic carbocycles. The lowest BCUT2D eigenvalue weighted by Crippen LogP contribution is -2.36. The average Bonchev–Trinajstić information content (AvgIpc) is 2.62. The lowest BCUT2D eigenvalue weighted by Gasteiger charge is -2.27. The van der Waals surface area contributed by atoms with E-state index in [-0.39, 0.29) is 0 Å². The maximum atomic E-state index is 10.6. The Morgan fingerprint density at radius 3 is 2.47 bits per heavy atom. The standard InChI is InChI=1S/C16H25NO2/c1-13-11-14(7-8-15(13)19-2)17-12-16(18)9-5-3-4-6-10-16/h7-8,11,17-18H,3-6,9-10,12H2,1-2H3. The van der Waals surface area contributed by atoms with Crippen molar-refractivity contribution in [1.82, 2.24) is 0 Å². The van der Waals surface area contributed by atoms with Gasteiger partial charge in [-0.2, -0.15) is 0 Å². The second-order valence-corrected chi connectivity index (χ2v) is 5.68. The summed E-state index contributed by atoms with van der Waals surface area (Å²) in [5.74, 6) is 0.902. The van der Waals surface area contributed by atoms with Crippen LogP contribution in [0.15, 0.2) is 18.2 Å².